The maximum atomic E-state index is 14.4. The summed E-state index contributed by atoms with van der Waals surface area (Å²) in [6.45, 7) is 4.18. The van der Waals surface area contributed by atoms with E-state index in [-0.39, 0.29) is 48.5 Å². The smallest absolute Gasteiger partial charge is 0.248 e. The van der Waals surface area contributed by atoms with Crippen molar-refractivity contribution in [3.05, 3.63) is 0 Å². The van der Waals surface area contributed by atoms with Crippen LogP contribution in [0.4, 0.5) is 4.39 Å². The number of likely N-dealkylation sites (N-methyl/N-ethyl adjacent to an activating group) is 1. The van der Waals surface area contributed by atoms with E-state index < -0.39 is 6.17 Å². The van der Waals surface area contributed by atoms with E-state index in [4.69, 9.17) is 4.74 Å². The number of ether oxygens (including phenoxy) is 1. The molecule has 2 aliphatic carbocycles. The van der Waals surface area contributed by atoms with E-state index in [0.29, 0.717) is 24.8 Å². The fraction of sp³-hybridized carbons (Fsp3) is 0.917. The van der Waals surface area contributed by atoms with Crippen molar-refractivity contribution >= 4 is 11.8 Å². The SMILES string of the molecule is COCC(=O)N(C)[C@@H]1CCN([C@@H]2CCC[C@@H](NC(=O)C3CC4C(F)CCC(C)C4N3)C2)C1. The van der Waals surface area contributed by atoms with Crippen LogP contribution in [-0.4, -0.2) is 91.8 Å². The van der Waals surface area contributed by atoms with Crippen LogP contribution >= 0.6 is 0 Å². The molecular formula is C24H41FN4O3. The molecule has 4 fully saturated rings. The minimum absolute atomic E-state index is 0.0204. The fourth-order valence-electron chi connectivity index (χ4n) is 6.57. The molecule has 2 amide bonds. The van der Waals surface area contributed by atoms with E-state index in [2.05, 4.69) is 22.5 Å². The van der Waals surface area contributed by atoms with Crippen LogP contribution in [0.1, 0.15) is 58.3 Å². The second-order valence-corrected chi connectivity index (χ2v) is 10.6. The Morgan fingerprint density at radius 1 is 1.19 bits per heavy atom. The lowest BCUT2D eigenvalue weighted by Crippen LogP contribution is -2.51. The first-order chi connectivity index (χ1) is 15.4. The third-order valence-electron chi connectivity index (χ3n) is 8.57. The van der Waals surface area contributed by atoms with Crippen LogP contribution in [0.15, 0.2) is 0 Å². The Kier molecular flexibility index (Phi) is 7.73. The zero-order valence-corrected chi connectivity index (χ0v) is 19.9. The molecule has 32 heavy (non-hydrogen) atoms. The molecule has 0 aromatic rings. The Labute approximate surface area is 191 Å². The van der Waals surface area contributed by atoms with Crippen LogP contribution < -0.4 is 10.6 Å². The van der Waals surface area contributed by atoms with E-state index in [1.165, 1.54) is 0 Å². The van der Waals surface area contributed by atoms with Gasteiger partial charge in [-0.3, -0.25) is 14.5 Å². The number of alkyl halides is 1. The molecule has 0 spiro atoms. The second kappa shape index (κ2) is 10.3. The van der Waals surface area contributed by atoms with Crippen molar-refractivity contribution in [2.24, 2.45) is 11.8 Å². The van der Waals surface area contributed by atoms with Gasteiger partial charge in [0.15, 0.2) is 0 Å². The first-order valence-corrected chi connectivity index (χ1v) is 12.6. The summed E-state index contributed by atoms with van der Waals surface area (Å²) in [7, 11) is 3.42. The van der Waals surface area contributed by atoms with Crippen LogP contribution in [0.2, 0.25) is 0 Å². The van der Waals surface area contributed by atoms with Crippen molar-refractivity contribution in [3.63, 3.8) is 0 Å². The summed E-state index contributed by atoms with van der Waals surface area (Å²) >= 11 is 0. The number of carbonyl (C=O) groups is 2. The molecule has 182 valence electrons. The Hall–Kier alpha value is -1.25. The minimum Gasteiger partial charge on any atom is -0.375 e. The first kappa shape index (κ1) is 23.9. The molecule has 2 heterocycles. The summed E-state index contributed by atoms with van der Waals surface area (Å²) in [4.78, 5) is 29.5. The van der Waals surface area contributed by atoms with Crippen LogP contribution in [0.3, 0.4) is 0 Å². The average Bonchev–Trinajstić information content (AvgIpc) is 3.45. The lowest BCUT2D eigenvalue weighted by molar-refractivity contribution is -0.135. The lowest BCUT2D eigenvalue weighted by Gasteiger charge is -2.36. The number of hydrogen-bond donors (Lipinski definition) is 2. The standard InChI is InChI=1S/C24H41FN4O3/c1-15-7-8-20(25)19-12-21(27-23(15)19)24(31)26-16-5-4-6-17(11-16)29-10-9-18(13-29)28(2)22(30)14-32-3/h15-21,23,27H,4-14H2,1-3H3,(H,26,31)/t15?,16-,17-,18-,19?,20?,21?,23?/m1/s1. The largest absolute Gasteiger partial charge is 0.375 e. The molecule has 8 heteroatoms. The number of carbonyl (C=O) groups excluding carboxylic acids is 2. The number of hydrogen-bond acceptors (Lipinski definition) is 5. The van der Waals surface area contributed by atoms with Gasteiger partial charge in [-0.25, -0.2) is 4.39 Å². The van der Waals surface area contributed by atoms with Gasteiger partial charge in [-0.2, -0.15) is 0 Å². The molecule has 0 aromatic carbocycles. The monoisotopic (exact) mass is 452 g/mol. The summed E-state index contributed by atoms with van der Waals surface area (Å²) < 4.78 is 19.4. The van der Waals surface area contributed by atoms with Gasteiger partial charge in [0, 0.05) is 57.3 Å². The molecule has 4 rings (SSSR count). The van der Waals surface area contributed by atoms with Crippen molar-refractivity contribution in [1.29, 1.82) is 0 Å². The molecule has 2 saturated heterocycles. The third kappa shape index (κ3) is 5.12. The lowest BCUT2D eigenvalue weighted by atomic mass is 9.77. The molecule has 2 N–H and O–H groups in total. The van der Waals surface area contributed by atoms with Gasteiger partial charge in [-0.15, -0.1) is 0 Å². The number of halogens is 1. The number of likely N-dealkylation sites (tertiary alicyclic amines) is 1. The van der Waals surface area contributed by atoms with E-state index >= 15 is 0 Å². The summed E-state index contributed by atoms with van der Waals surface area (Å²) in [5, 5.41) is 6.75. The Morgan fingerprint density at radius 2 is 2.00 bits per heavy atom. The fourth-order valence-corrected chi connectivity index (χ4v) is 6.57. The number of amides is 2. The summed E-state index contributed by atoms with van der Waals surface area (Å²) in [5.74, 6) is 0.491. The molecule has 0 radical (unpaired) electrons. The predicted octanol–water partition coefficient (Wildman–Crippen LogP) is 1.71. The van der Waals surface area contributed by atoms with Gasteiger partial charge in [0.25, 0.3) is 0 Å². The molecule has 0 bridgehead atoms. The van der Waals surface area contributed by atoms with Crippen molar-refractivity contribution in [2.45, 2.75) is 94.7 Å². The Balaban J connectivity index is 1.27. The number of fused-ring (bicyclic) bond motifs is 1. The average molecular weight is 453 g/mol. The highest BCUT2D eigenvalue weighted by Crippen LogP contribution is 2.38. The van der Waals surface area contributed by atoms with Crippen LogP contribution in [0.25, 0.3) is 0 Å². The molecule has 7 nitrogen and oxygen atoms in total. The van der Waals surface area contributed by atoms with Gasteiger partial charge in [0.1, 0.15) is 12.8 Å². The molecule has 0 aromatic heterocycles. The van der Waals surface area contributed by atoms with Gasteiger partial charge < -0.3 is 20.3 Å². The molecule has 2 aliphatic heterocycles. The predicted molar refractivity (Wildman–Crippen MR) is 121 cm³/mol. The summed E-state index contributed by atoms with van der Waals surface area (Å²) in [6.07, 6.45) is 6.55. The molecule has 5 unspecified atom stereocenters. The van der Waals surface area contributed by atoms with E-state index in [0.717, 1.165) is 51.6 Å². The van der Waals surface area contributed by atoms with Crippen molar-refractivity contribution in [3.8, 4) is 0 Å². The molecule has 8 atom stereocenters. The second-order valence-electron chi connectivity index (χ2n) is 10.6. The number of rotatable bonds is 6. The first-order valence-electron chi connectivity index (χ1n) is 12.6. The number of nitrogens with zero attached hydrogens (tertiary/aromatic N) is 2. The summed E-state index contributed by atoms with van der Waals surface area (Å²) in [5.41, 5.74) is 0. The normalized spacial score (nSPS) is 40.1. The molecule has 4 aliphatic rings. The van der Waals surface area contributed by atoms with Gasteiger partial charge in [0.05, 0.1) is 6.04 Å². The molecular weight excluding hydrogens is 411 g/mol. The van der Waals surface area contributed by atoms with Gasteiger partial charge >= 0.3 is 0 Å². The highest BCUT2D eigenvalue weighted by Gasteiger charge is 2.46. The van der Waals surface area contributed by atoms with Crippen LogP contribution in [-0.2, 0) is 14.3 Å². The summed E-state index contributed by atoms with van der Waals surface area (Å²) in [6, 6.07) is 0.721. The van der Waals surface area contributed by atoms with Crippen molar-refractivity contribution < 1.29 is 18.7 Å². The molecule has 2 saturated carbocycles. The number of nitrogens with one attached hydrogen (secondary N) is 2. The quantitative estimate of drug-likeness (QED) is 0.642. The van der Waals surface area contributed by atoms with Crippen molar-refractivity contribution in [2.75, 3.05) is 33.9 Å². The van der Waals surface area contributed by atoms with Crippen molar-refractivity contribution in [1.82, 2.24) is 20.4 Å². The van der Waals surface area contributed by atoms with E-state index in [1.54, 1.807) is 7.11 Å². The Morgan fingerprint density at radius 3 is 2.75 bits per heavy atom. The van der Waals surface area contributed by atoms with E-state index in [1.807, 2.05) is 11.9 Å². The van der Waals surface area contributed by atoms with Gasteiger partial charge in [-0.1, -0.05) is 6.92 Å². The topological polar surface area (TPSA) is 73.9 Å². The maximum absolute atomic E-state index is 14.4. The zero-order chi connectivity index (χ0) is 22.8. The minimum atomic E-state index is -0.780. The van der Waals surface area contributed by atoms with Crippen LogP contribution in [0, 0.1) is 11.8 Å². The van der Waals surface area contributed by atoms with Crippen LogP contribution in [0.5, 0.6) is 0 Å². The zero-order valence-electron chi connectivity index (χ0n) is 19.9. The maximum Gasteiger partial charge on any atom is 0.248 e. The highest BCUT2D eigenvalue weighted by atomic mass is 19.1. The van der Waals surface area contributed by atoms with E-state index in [9.17, 15) is 14.0 Å². The van der Waals surface area contributed by atoms with Gasteiger partial charge in [-0.05, 0) is 57.3 Å². The number of methoxy groups -OCH3 is 1. The third-order valence-corrected chi connectivity index (χ3v) is 8.57. The Bertz CT molecular complexity index is 662. The van der Waals surface area contributed by atoms with Gasteiger partial charge in [0.2, 0.25) is 11.8 Å². The highest BCUT2D eigenvalue weighted by molar-refractivity contribution is 5.82.